The minimum absolute atomic E-state index is 0.0157. The van der Waals surface area contributed by atoms with E-state index in [9.17, 15) is 9.59 Å². The van der Waals surface area contributed by atoms with Gasteiger partial charge in [0.2, 0.25) is 0 Å². The Balaban J connectivity index is 1.86. The van der Waals surface area contributed by atoms with Crippen LogP contribution in [-0.4, -0.2) is 29.8 Å². The van der Waals surface area contributed by atoms with Crippen molar-refractivity contribution in [3.63, 3.8) is 0 Å². The Morgan fingerprint density at radius 2 is 1.96 bits per heavy atom. The second-order valence-electron chi connectivity index (χ2n) is 8.20. The summed E-state index contributed by atoms with van der Waals surface area (Å²) in [6, 6.07) is 7.84. The standard InChI is InChI=1S/C21H23NO5/c1-21(2,3)18-9-13-12-7-5-6-8-17(12)26-19(13)15-10-16(23)14(11-22(15)18)20(24)27-25-4/h5-8,11,15,18H,9-10H2,1-4H3/t15?,18-/m0/s1. The van der Waals surface area contributed by atoms with Gasteiger partial charge in [0.25, 0.3) is 0 Å². The van der Waals surface area contributed by atoms with Crippen LogP contribution in [0.2, 0.25) is 0 Å². The van der Waals surface area contributed by atoms with Crippen molar-refractivity contribution in [1.29, 1.82) is 0 Å². The molecule has 2 aliphatic heterocycles. The third kappa shape index (κ3) is 2.84. The molecular weight excluding hydrogens is 346 g/mol. The number of para-hydroxylation sites is 1. The lowest BCUT2D eigenvalue weighted by molar-refractivity contribution is -0.250. The predicted molar refractivity (Wildman–Crippen MR) is 98.5 cm³/mol. The van der Waals surface area contributed by atoms with Gasteiger partial charge in [-0.1, -0.05) is 39.0 Å². The van der Waals surface area contributed by atoms with E-state index in [1.807, 2.05) is 18.2 Å². The van der Waals surface area contributed by atoms with Crippen molar-refractivity contribution in [1.82, 2.24) is 4.90 Å². The summed E-state index contributed by atoms with van der Waals surface area (Å²) >= 11 is 0. The highest BCUT2D eigenvalue weighted by atomic mass is 17.2. The minimum Gasteiger partial charge on any atom is -0.459 e. The highest BCUT2D eigenvalue weighted by Gasteiger charge is 2.46. The SMILES string of the molecule is COOC(=O)C1=CN2C(CC1=O)c1oc3ccccc3c1C[C@H]2C(C)(C)C. The van der Waals surface area contributed by atoms with Crippen LogP contribution in [0, 0.1) is 5.41 Å². The zero-order valence-electron chi connectivity index (χ0n) is 15.9. The number of furan rings is 1. The Kier molecular flexibility index (Phi) is 4.11. The third-order valence-electron chi connectivity index (χ3n) is 5.49. The monoisotopic (exact) mass is 369 g/mol. The molecule has 3 heterocycles. The number of carbonyl (C=O) groups is 2. The van der Waals surface area contributed by atoms with Gasteiger partial charge in [0.05, 0.1) is 13.2 Å². The average molecular weight is 369 g/mol. The first-order valence-corrected chi connectivity index (χ1v) is 9.09. The van der Waals surface area contributed by atoms with E-state index in [0.717, 1.165) is 28.7 Å². The van der Waals surface area contributed by atoms with Gasteiger partial charge in [-0.3, -0.25) is 9.68 Å². The number of fused-ring (bicyclic) bond motifs is 5. The molecule has 0 saturated carbocycles. The van der Waals surface area contributed by atoms with Gasteiger partial charge in [-0.2, -0.15) is 4.89 Å². The van der Waals surface area contributed by atoms with E-state index in [4.69, 9.17) is 4.42 Å². The Morgan fingerprint density at radius 3 is 2.67 bits per heavy atom. The van der Waals surface area contributed by atoms with Crippen LogP contribution in [0.15, 0.2) is 40.5 Å². The maximum Gasteiger partial charge on any atom is 0.378 e. The van der Waals surface area contributed by atoms with Crippen molar-refractivity contribution in [3.05, 3.63) is 47.4 Å². The summed E-state index contributed by atoms with van der Waals surface area (Å²) in [5.41, 5.74) is 1.94. The largest absolute Gasteiger partial charge is 0.459 e. The van der Waals surface area contributed by atoms with Crippen LogP contribution >= 0.6 is 0 Å². The van der Waals surface area contributed by atoms with Crippen molar-refractivity contribution in [3.8, 4) is 0 Å². The Labute approximate surface area is 157 Å². The number of hydrogen-bond donors (Lipinski definition) is 0. The molecule has 2 aromatic rings. The molecule has 27 heavy (non-hydrogen) atoms. The Bertz CT molecular complexity index is 949. The molecule has 1 aromatic carbocycles. The lowest BCUT2D eigenvalue weighted by atomic mass is 9.76. The number of rotatable bonds is 2. The average Bonchev–Trinajstić information content (AvgIpc) is 2.99. The first-order valence-electron chi connectivity index (χ1n) is 9.09. The molecule has 6 nitrogen and oxygen atoms in total. The van der Waals surface area contributed by atoms with Crippen LogP contribution < -0.4 is 0 Å². The molecule has 0 bridgehead atoms. The van der Waals surface area contributed by atoms with Crippen molar-refractivity contribution in [2.24, 2.45) is 5.41 Å². The smallest absolute Gasteiger partial charge is 0.378 e. The topological polar surface area (TPSA) is 69.0 Å². The highest BCUT2D eigenvalue weighted by molar-refractivity contribution is 6.17. The summed E-state index contributed by atoms with van der Waals surface area (Å²) in [6.07, 6.45) is 2.58. The fourth-order valence-electron chi connectivity index (χ4n) is 4.17. The number of benzene rings is 1. The molecular formula is C21H23NO5. The van der Waals surface area contributed by atoms with Crippen LogP contribution in [0.4, 0.5) is 0 Å². The second kappa shape index (κ2) is 6.23. The number of carbonyl (C=O) groups excluding carboxylic acids is 2. The molecule has 2 aliphatic rings. The van der Waals surface area contributed by atoms with Crippen LogP contribution in [0.1, 0.15) is 44.6 Å². The van der Waals surface area contributed by atoms with Crippen LogP contribution in [0.25, 0.3) is 11.0 Å². The van der Waals surface area contributed by atoms with Gasteiger partial charge in [-0.05, 0) is 17.9 Å². The molecule has 1 aromatic heterocycles. The summed E-state index contributed by atoms with van der Waals surface area (Å²) in [5.74, 6) is -0.205. The van der Waals surface area contributed by atoms with E-state index < -0.39 is 5.97 Å². The summed E-state index contributed by atoms with van der Waals surface area (Å²) in [5, 5.41) is 1.10. The molecule has 2 atom stereocenters. The van der Waals surface area contributed by atoms with E-state index in [2.05, 4.69) is 41.5 Å². The van der Waals surface area contributed by atoms with Gasteiger partial charge in [-0.25, -0.2) is 4.79 Å². The third-order valence-corrected chi connectivity index (χ3v) is 5.49. The molecule has 0 saturated heterocycles. The zero-order chi connectivity index (χ0) is 19.3. The molecule has 1 unspecified atom stereocenters. The quantitative estimate of drug-likeness (QED) is 0.457. The summed E-state index contributed by atoms with van der Waals surface area (Å²) in [4.78, 5) is 35.9. The van der Waals surface area contributed by atoms with E-state index in [-0.39, 0.29) is 35.3 Å². The lowest BCUT2D eigenvalue weighted by Crippen LogP contribution is -2.50. The van der Waals surface area contributed by atoms with Gasteiger partial charge in [-0.15, -0.1) is 0 Å². The van der Waals surface area contributed by atoms with Gasteiger partial charge in [0.1, 0.15) is 16.9 Å². The molecule has 0 fully saturated rings. The highest BCUT2D eigenvalue weighted by Crippen LogP contribution is 2.47. The number of Topliss-reactive ketones (excluding diaryl/α,β-unsaturated/α-hetero) is 1. The van der Waals surface area contributed by atoms with Gasteiger partial charge in [0.15, 0.2) is 5.78 Å². The van der Waals surface area contributed by atoms with Crippen LogP contribution in [0.3, 0.4) is 0 Å². The Hall–Kier alpha value is -2.60. The van der Waals surface area contributed by atoms with E-state index in [0.29, 0.717) is 0 Å². The first kappa shape index (κ1) is 17.8. The molecule has 0 radical (unpaired) electrons. The van der Waals surface area contributed by atoms with Crippen molar-refractivity contribution >= 4 is 22.7 Å². The predicted octanol–water partition coefficient (Wildman–Crippen LogP) is 3.71. The maximum absolute atomic E-state index is 12.7. The summed E-state index contributed by atoms with van der Waals surface area (Å²) < 4.78 is 6.15. The van der Waals surface area contributed by atoms with Crippen molar-refractivity contribution < 1.29 is 23.8 Å². The second-order valence-corrected chi connectivity index (χ2v) is 8.20. The van der Waals surface area contributed by atoms with Gasteiger partial charge < -0.3 is 9.32 Å². The van der Waals surface area contributed by atoms with Crippen molar-refractivity contribution in [2.45, 2.75) is 45.7 Å². The molecule has 0 aliphatic carbocycles. The lowest BCUT2D eigenvalue weighted by Gasteiger charge is -2.48. The summed E-state index contributed by atoms with van der Waals surface area (Å²) in [6.45, 7) is 6.50. The molecule has 0 N–H and O–H groups in total. The van der Waals surface area contributed by atoms with E-state index in [1.165, 1.54) is 7.11 Å². The number of hydrogen-bond acceptors (Lipinski definition) is 6. The van der Waals surface area contributed by atoms with Gasteiger partial charge in [0, 0.05) is 29.6 Å². The fraction of sp³-hybridized carbons (Fsp3) is 0.429. The molecule has 4 rings (SSSR count). The number of ketones is 1. The maximum atomic E-state index is 12.7. The first-order chi connectivity index (χ1) is 12.8. The van der Waals surface area contributed by atoms with E-state index in [1.54, 1.807) is 6.20 Å². The van der Waals surface area contributed by atoms with Crippen molar-refractivity contribution in [2.75, 3.05) is 7.11 Å². The van der Waals surface area contributed by atoms with Crippen LogP contribution in [0.5, 0.6) is 0 Å². The molecule has 0 spiro atoms. The zero-order valence-corrected chi connectivity index (χ0v) is 15.9. The van der Waals surface area contributed by atoms with Gasteiger partial charge >= 0.3 is 5.97 Å². The minimum atomic E-state index is -0.760. The molecule has 0 amide bonds. The Morgan fingerprint density at radius 1 is 1.22 bits per heavy atom. The summed E-state index contributed by atoms with van der Waals surface area (Å²) in [7, 11) is 1.24. The number of nitrogens with zero attached hydrogens (tertiary/aromatic N) is 1. The molecule has 6 heteroatoms. The van der Waals surface area contributed by atoms with Crippen LogP contribution in [-0.2, 0) is 25.8 Å². The normalized spacial score (nSPS) is 22.3. The fourth-order valence-corrected chi connectivity index (χ4v) is 4.17. The molecule has 142 valence electrons. The van der Waals surface area contributed by atoms with E-state index >= 15 is 0 Å².